The summed E-state index contributed by atoms with van der Waals surface area (Å²) in [6, 6.07) is 16.5. The highest BCUT2D eigenvalue weighted by Crippen LogP contribution is 2.36. The molecular weight excluding hydrogens is 565 g/mol. The normalized spacial score (nSPS) is 10.6. The smallest absolute Gasteiger partial charge is 0.234 e. The first-order valence-corrected chi connectivity index (χ1v) is 13.9. The molecule has 210 valence electrons. The summed E-state index contributed by atoms with van der Waals surface area (Å²) in [5.41, 5.74) is 1.62. The Morgan fingerprint density at radius 2 is 1.73 bits per heavy atom. The molecule has 0 saturated carbocycles. The van der Waals surface area contributed by atoms with E-state index in [-0.39, 0.29) is 47.6 Å². The van der Waals surface area contributed by atoms with Crippen LogP contribution in [0.25, 0.3) is 10.2 Å². The maximum Gasteiger partial charge on any atom is 0.234 e. The second kappa shape index (κ2) is 13.2. The fraction of sp³-hybridized carbons (Fsp3) is 0.172. The lowest BCUT2D eigenvalue weighted by molar-refractivity contribution is -0.139. The Kier molecular flexibility index (Phi) is 9.48. The number of amides is 3. The topological polar surface area (TPSA) is 124 Å². The third-order valence-electron chi connectivity index (χ3n) is 5.81. The summed E-state index contributed by atoms with van der Waals surface area (Å²) in [5, 5.41) is 13.9. The number of imide groups is 1. The molecule has 3 amide bonds. The molecule has 4 aromatic rings. The van der Waals surface area contributed by atoms with E-state index in [0.29, 0.717) is 20.8 Å². The van der Waals surface area contributed by atoms with Crippen molar-refractivity contribution in [2.75, 3.05) is 5.32 Å². The first-order chi connectivity index (χ1) is 19.7. The molecule has 2 aromatic carbocycles. The van der Waals surface area contributed by atoms with Crippen molar-refractivity contribution >= 4 is 68.1 Å². The van der Waals surface area contributed by atoms with Crippen molar-refractivity contribution in [3.8, 4) is 11.5 Å². The van der Waals surface area contributed by atoms with Gasteiger partial charge in [-0.3, -0.25) is 24.8 Å². The third-order valence-corrected chi connectivity index (χ3v) is 7.16. The van der Waals surface area contributed by atoms with Crippen LogP contribution in [0, 0.1) is 11.2 Å². The van der Waals surface area contributed by atoms with Gasteiger partial charge < -0.3 is 15.4 Å². The van der Waals surface area contributed by atoms with Gasteiger partial charge in [-0.1, -0.05) is 44.2 Å². The number of hydrogen-bond donors (Lipinski definition) is 3. The molecule has 0 fully saturated rings. The van der Waals surface area contributed by atoms with Gasteiger partial charge in [0.05, 0.1) is 21.5 Å². The first kappa shape index (κ1) is 29.4. The number of anilines is 1. The monoisotopic (exact) mass is 591 g/mol. The predicted octanol–water partition coefficient (Wildman–Crippen LogP) is 5.78. The summed E-state index contributed by atoms with van der Waals surface area (Å²) in [5.74, 6) is -1.97. The quantitative estimate of drug-likeness (QED) is 0.135. The van der Waals surface area contributed by atoms with Crippen LogP contribution in [0.1, 0.15) is 37.1 Å². The van der Waals surface area contributed by atoms with Gasteiger partial charge in [0.15, 0.2) is 22.5 Å². The zero-order valence-electron chi connectivity index (χ0n) is 22.2. The summed E-state index contributed by atoms with van der Waals surface area (Å²) in [4.78, 5) is 42.5. The lowest BCUT2D eigenvalue weighted by Crippen LogP contribution is -2.40. The summed E-state index contributed by atoms with van der Waals surface area (Å²) in [6.45, 7) is 3.24. The van der Waals surface area contributed by atoms with Crippen LogP contribution in [-0.4, -0.2) is 38.6 Å². The average Bonchev–Trinajstić information content (AvgIpc) is 3.40. The van der Waals surface area contributed by atoms with Gasteiger partial charge in [-0.05, 0) is 36.0 Å². The molecule has 0 spiro atoms. The fourth-order valence-electron chi connectivity index (χ4n) is 3.82. The van der Waals surface area contributed by atoms with Gasteiger partial charge in [0.1, 0.15) is 5.75 Å². The third kappa shape index (κ3) is 7.16. The van der Waals surface area contributed by atoms with Crippen molar-refractivity contribution < 1.29 is 23.5 Å². The Hall–Kier alpha value is -4.55. The van der Waals surface area contributed by atoms with Gasteiger partial charge >= 0.3 is 0 Å². The number of nitrogens with one attached hydrogen (secondary N) is 3. The van der Waals surface area contributed by atoms with Gasteiger partial charge in [0.2, 0.25) is 17.7 Å². The van der Waals surface area contributed by atoms with E-state index in [9.17, 15) is 14.4 Å². The maximum atomic E-state index is 15.0. The molecule has 4 rings (SSSR count). The molecule has 0 aliphatic carbocycles. The first-order valence-electron chi connectivity index (χ1n) is 12.7. The lowest BCUT2D eigenvalue weighted by Gasteiger charge is -2.19. The highest BCUT2D eigenvalue weighted by atomic mass is 32.1. The van der Waals surface area contributed by atoms with E-state index in [2.05, 4.69) is 15.6 Å². The second-order valence-electron chi connectivity index (χ2n) is 8.72. The molecule has 2 aromatic heterocycles. The van der Waals surface area contributed by atoms with Crippen molar-refractivity contribution in [3.05, 3.63) is 83.1 Å². The molecule has 0 bridgehead atoms. The number of thiocarbonyl (C=S) groups is 1. The average molecular weight is 592 g/mol. The highest BCUT2D eigenvalue weighted by Gasteiger charge is 2.26. The fourth-order valence-corrected chi connectivity index (χ4v) is 5.06. The standard InChI is InChI=1S/C29H26FN5O4S2/c1-3-25(37)35(26(38)4-2)28(31)23-16-20-27(41-23)22(12-13-32-20)39-21-11-10-18(15-19(21)30)33-29(40)34-24(36)14-17-8-6-5-7-9-17/h5-13,15-16,31H,3-4,14H2,1-2H3,(H2,33,34,36,40). The van der Waals surface area contributed by atoms with Crippen molar-refractivity contribution in [3.63, 3.8) is 0 Å². The predicted molar refractivity (Wildman–Crippen MR) is 160 cm³/mol. The van der Waals surface area contributed by atoms with Crippen molar-refractivity contribution in [1.82, 2.24) is 15.2 Å². The number of aromatic nitrogens is 1. The molecule has 41 heavy (non-hydrogen) atoms. The van der Waals surface area contributed by atoms with Crippen molar-refractivity contribution in [2.45, 2.75) is 33.1 Å². The number of nitrogens with zero attached hydrogens (tertiary/aromatic N) is 2. The van der Waals surface area contributed by atoms with Gasteiger partial charge in [-0.2, -0.15) is 0 Å². The van der Waals surface area contributed by atoms with Crippen LogP contribution in [0.15, 0.2) is 66.9 Å². The Labute approximate surface area is 244 Å². The van der Waals surface area contributed by atoms with E-state index in [1.165, 1.54) is 18.3 Å². The molecule has 0 saturated heterocycles. The van der Waals surface area contributed by atoms with Gasteiger partial charge in [-0.15, -0.1) is 11.3 Å². The molecule has 9 nitrogen and oxygen atoms in total. The number of thiophene rings is 1. The molecule has 0 radical (unpaired) electrons. The van der Waals surface area contributed by atoms with E-state index in [4.69, 9.17) is 22.4 Å². The van der Waals surface area contributed by atoms with Crippen molar-refractivity contribution in [1.29, 1.82) is 5.41 Å². The number of pyridine rings is 1. The largest absolute Gasteiger partial charge is 0.453 e. The number of carbonyl (C=O) groups is 3. The minimum absolute atomic E-state index is 0.0283. The molecular formula is C29H26FN5O4S2. The lowest BCUT2D eigenvalue weighted by atomic mass is 10.1. The van der Waals surface area contributed by atoms with Crippen LogP contribution in [0.4, 0.5) is 10.1 Å². The Balaban J connectivity index is 1.47. The van der Waals surface area contributed by atoms with E-state index in [1.54, 1.807) is 32.0 Å². The number of hydrogen-bond acceptors (Lipinski definition) is 8. The van der Waals surface area contributed by atoms with Crippen molar-refractivity contribution in [2.24, 2.45) is 0 Å². The van der Waals surface area contributed by atoms with Gasteiger partial charge in [-0.25, -0.2) is 9.29 Å². The zero-order valence-corrected chi connectivity index (χ0v) is 23.8. The molecule has 0 aliphatic heterocycles. The SMILES string of the molecule is CCC(=O)N(C(=N)c1cc2nccc(Oc3ccc(NC(=S)NC(=O)Cc4ccccc4)cc3F)c2s1)C(=O)CC. The van der Waals surface area contributed by atoms with Crippen LogP contribution in [-0.2, 0) is 20.8 Å². The van der Waals surface area contributed by atoms with Crippen LogP contribution in [0.2, 0.25) is 0 Å². The highest BCUT2D eigenvalue weighted by molar-refractivity contribution is 7.80. The van der Waals surface area contributed by atoms with E-state index in [0.717, 1.165) is 21.8 Å². The minimum atomic E-state index is -0.684. The Morgan fingerprint density at radius 1 is 1.02 bits per heavy atom. The van der Waals surface area contributed by atoms with Gasteiger partial charge in [0, 0.05) is 36.9 Å². The molecule has 2 heterocycles. The number of halogens is 1. The summed E-state index contributed by atoms with van der Waals surface area (Å²) < 4.78 is 21.4. The molecule has 0 atom stereocenters. The Morgan fingerprint density at radius 3 is 2.39 bits per heavy atom. The maximum absolute atomic E-state index is 15.0. The van der Waals surface area contributed by atoms with Crippen LogP contribution in [0.5, 0.6) is 11.5 Å². The minimum Gasteiger partial charge on any atom is -0.453 e. The van der Waals surface area contributed by atoms with Gasteiger partial charge in [0.25, 0.3) is 0 Å². The number of carbonyl (C=O) groups excluding carboxylic acids is 3. The van der Waals surface area contributed by atoms with Crippen LogP contribution >= 0.6 is 23.6 Å². The van der Waals surface area contributed by atoms with Crippen LogP contribution < -0.4 is 15.4 Å². The molecule has 12 heteroatoms. The molecule has 0 unspecified atom stereocenters. The zero-order chi connectivity index (χ0) is 29.5. The number of amidine groups is 1. The second-order valence-corrected chi connectivity index (χ2v) is 10.2. The summed E-state index contributed by atoms with van der Waals surface area (Å²) >= 11 is 6.29. The van der Waals surface area contributed by atoms with E-state index >= 15 is 4.39 Å². The Bertz CT molecular complexity index is 1620. The molecule has 3 N–H and O–H groups in total. The number of rotatable bonds is 8. The van der Waals surface area contributed by atoms with E-state index in [1.807, 2.05) is 30.3 Å². The van der Waals surface area contributed by atoms with E-state index < -0.39 is 17.6 Å². The number of benzene rings is 2. The summed E-state index contributed by atoms with van der Waals surface area (Å²) in [6.07, 6.45) is 1.77. The van der Waals surface area contributed by atoms with Crippen LogP contribution in [0.3, 0.4) is 0 Å². The number of fused-ring (bicyclic) bond motifs is 1. The summed E-state index contributed by atoms with van der Waals surface area (Å²) in [7, 11) is 0. The molecule has 0 aliphatic rings. The number of ether oxygens (including phenoxy) is 1.